The fraction of sp³-hybridized carbons (Fsp3) is 0.229. The molecule has 1 aliphatic heterocycles. The zero-order valence-electron chi connectivity index (χ0n) is 25.5. The molecular weight excluding hydrogens is 647 g/mol. The quantitative estimate of drug-likeness (QED) is 0.127. The lowest BCUT2D eigenvalue weighted by Crippen LogP contribution is -2.39. The van der Waals surface area contributed by atoms with Gasteiger partial charge in [0.1, 0.15) is 12.4 Å². The minimum Gasteiger partial charge on any atom is -0.490 e. The molecule has 3 aromatic carbocycles. The molecule has 46 heavy (non-hydrogen) atoms. The first-order valence-corrected chi connectivity index (χ1v) is 16.1. The number of aromatic nitrogens is 1. The summed E-state index contributed by atoms with van der Waals surface area (Å²) in [7, 11) is 1.30. The third-order valence-electron chi connectivity index (χ3n) is 7.15. The second kappa shape index (κ2) is 14.9. The highest BCUT2D eigenvalue weighted by molar-refractivity contribution is 7.07. The van der Waals surface area contributed by atoms with E-state index in [1.165, 1.54) is 29.2 Å². The van der Waals surface area contributed by atoms with Gasteiger partial charge in [-0.2, -0.15) is 0 Å². The number of ether oxygens (including phenoxy) is 4. The van der Waals surface area contributed by atoms with Crippen LogP contribution in [0.1, 0.15) is 42.1 Å². The van der Waals surface area contributed by atoms with Crippen molar-refractivity contribution >= 4 is 46.6 Å². The number of carbonyl (C=O) groups is 1. The van der Waals surface area contributed by atoms with Crippen LogP contribution in [0.4, 0.5) is 0 Å². The number of benzene rings is 3. The highest BCUT2D eigenvalue weighted by atomic mass is 35.5. The topological polar surface area (TPSA) is 88.4 Å². The summed E-state index contributed by atoms with van der Waals surface area (Å²) in [6, 6.07) is 15.6. The molecule has 0 aliphatic carbocycles. The van der Waals surface area contributed by atoms with Crippen molar-refractivity contribution in [3.05, 3.63) is 131 Å². The second-order valence-electron chi connectivity index (χ2n) is 10.1. The molecule has 2 heterocycles. The van der Waals surface area contributed by atoms with Crippen LogP contribution in [0.5, 0.6) is 17.2 Å². The van der Waals surface area contributed by atoms with Gasteiger partial charge in [-0.1, -0.05) is 58.8 Å². The molecule has 0 saturated carbocycles. The molecule has 0 spiro atoms. The summed E-state index contributed by atoms with van der Waals surface area (Å²) in [4.78, 5) is 31.8. The molecule has 5 rings (SSSR count). The van der Waals surface area contributed by atoms with E-state index in [0.717, 1.165) is 16.7 Å². The number of thiazole rings is 1. The molecule has 4 aromatic rings. The van der Waals surface area contributed by atoms with Gasteiger partial charge in [-0.3, -0.25) is 9.36 Å². The maximum atomic E-state index is 14.0. The monoisotopic (exact) mass is 678 g/mol. The predicted octanol–water partition coefficient (Wildman–Crippen LogP) is 6.43. The molecule has 238 valence electrons. The van der Waals surface area contributed by atoms with Crippen molar-refractivity contribution < 1.29 is 23.7 Å². The predicted molar refractivity (Wildman–Crippen MR) is 181 cm³/mol. The molecule has 0 amide bonds. The van der Waals surface area contributed by atoms with Gasteiger partial charge in [-0.05, 0) is 79.4 Å². The Labute approximate surface area is 280 Å². The lowest BCUT2D eigenvalue weighted by Gasteiger charge is -2.23. The second-order valence-corrected chi connectivity index (χ2v) is 12.0. The Bertz CT molecular complexity index is 2000. The van der Waals surface area contributed by atoms with E-state index in [0.29, 0.717) is 61.8 Å². The first kappa shape index (κ1) is 33.1. The van der Waals surface area contributed by atoms with Gasteiger partial charge in [0.2, 0.25) is 0 Å². The Morgan fingerprint density at radius 3 is 2.46 bits per heavy atom. The third kappa shape index (κ3) is 7.07. The number of methoxy groups -OCH3 is 1. The maximum absolute atomic E-state index is 14.0. The zero-order valence-corrected chi connectivity index (χ0v) is 27.9. The first-order chi connectivity index (χ1) is 22.3. The van der Waals surface area contributed by atoms with Crippen LogP contribution in [0.3, 0.4) is 0 Å². The van der Waals surface area contributed by atoms with Crippen LogP contribution in [0.25, 0.3) is 6.08 Å². The SMILES string of the molecule is C=CCc1cc(/C=c2\sc3n(c2=O)[C@H](c2ccc(OCC)c(OCC)c2)C(C(=O)OC)=CN=3)ccc1OCc1ccc(Cl)cc1Cl. The van der Waals surface area contributed by atoms with E-state index in [4.69, 9.17) is 42.1 Å². The fourth-order valence-electron chi connectivity index (χ4n) is 5.08. The summed E-state index contributed by atoms with van der Waals surface area (Å²) in [5, 5.41) is 1.08. The van der Waals surface area contributed by atoms with Gasteiger partial charge in [-0.15, -0.1) is 6.58 Å². The van der Waals surface area contributed by atoms with Crippen LogP contribution < -0.4 is 29.1 Å². The Morgan fingerprint density at radius 1 is 0.978 bits per heavy atom. The smallest absolute Gasteiger partial charge is 0.337 e. The van der Waals surface area contributed by atoms with Crippen molar-refractivity contribution in [2.75, 3.05) is 20.3 Å². The van der Waals surface area contributed by atoms with Crippen molar-refractivity contribution in [1.82, 2.24) is 4.57 Å². The van der Waals surface area contributed by atoms with E-state index in [-0.39, 0.29) is 17.7 Å². The lowest BCUT2D eigenvalue weighted by atomic mass is 9.97. The Morgan fingerprint density at radius 2 is 1.74 bits per heavy atom. The van der Waals surface area contributed by atoms with Crippen LogP contribution in [0.15, 0.2) is 88.8 Å². The molecule has 8 nitrogen and oxygen atoms in total. The van der Waals surface area contributed by atoms with E-state index in [1.54, 1.807) is 36.4 Å². The van der Waals surface area contributed by atoms with E-state index in [2.05, 4.69) is 11.6 Å². The standard InChI is InChI=1S/C35H32Cl2N2O6S/c1-5-8-22-15-21(9-13-28(22)45-20-24-10-12-25(36)18-27(24)37)16-31-33(40)39-32(26(34(41)42-4)19-38-35(39)46-31)23-11-14-29(43-6-2)30(17-23)44-7-3/h5,9-19,32H,1,6-8,20H2,2-4H3/b31-16-/t32-/m1/s1. The van der Waals surface area contributed by atoms with E-state index in [1.807, 2.05) is 44.2 Å². The largest absolute Gasteiger partial charge is 0.490 e. The van der Waals surface area contributed by atoms with Crippen molar-refractivity contribution in [3.8, 4) is 17.2 Å². The third-order valence-corrected chi connectivity index (χ3v) is 8.74. The molecule has 0 fully saturated rings. The Hall–Kier alpha value is -4.31. The normalized spacial score (nSPS) is 14.2. The van der Waals surface area contributed by atoms with Crippen LogP contribution in [0.2, 0.25) is 10.0 Å². The van der Waals surface area contributed by atoms with Crippen LogP contribution in [-0.2, 0) is 22.6 Å². The number of esters is 1. The van der Waals surface area contributed by atoms with E-state index < -0.39 is 12.0 Å². The first-order valence-electron chi connectivity index (χ1n) is 14.6. The van der Waals surface area contributed by atoms with Crippen molar-refractivity contribution in [3.63, 3.8) is 0 Å². The van der Waals surface area contributed by atoms with Gasteiger partial charge < -0.3 is 18.9 Å². The summed E-state index contributed by atoms with van der Waals surface area (Å²) in [5.41, 5.74) is 3.08. The zero-order chi connectivity index (χ0) is 32.8. The highest BCUT2D eigenvalue weighted by Gasteiger charge is 2.31. The Balaban J connectivity index is 1.54. The molecule has 0 radical (unpaired) electrons. The molecular formula is C35H32Cl2N2O6S. The van der Waals surface area contributed by atoms with E-state index >= 15 is 0 Å². The van der Waals surface area contributed by atoms with Crippen molar-refractivity contribution in [2.45, 2.75) is 32.9 Å². The van der Waals surface area contributed by atoms with Gasteiger partial charge >= 0.3 is 5.97 Å². The van der Waals surface area contributed by atoms with Gasteiger partial charge in [0, 0.05) is 21.8 Å². The van der Waals surface area contributed by atoms with Gasteiger partial charge in [-0.25, -0.2) is 9.79 Å². The minimum absolute atomic E-state index is 0.226. The summed E-state index contributed by atoms with van der Waals surface area (Å²) in [6.45, 7) is 8.78. The molecule has 1 aliphatic rings. The average Bonchev–Trinajstić information content (AvgIpc) is 3.36. The molecule has 0 bridgehead atoms. The van der Waals surface area contributed by atoms with Gasteiger partial charge in [0.15, 0.2) is 16.3 Å². The number of rotatable bonds is 12. The number of hydrogen-bond donors (Lipinski definition) is 0. The lowest BCUT2D eigenvalue weighted by molar-refractivity contribution is -0.136. The molecule has 11 heteroatoms. The number of carbonyl (C=O) groups excluding carboxylic acids is 1. The van der Waals surface area contributed by atoms with Crippen molar-refractivity contribution in [2.24, 2.45) is 4.99 Å². The highest BCUT2D eigenvalue weighted by Crippen LogP contribution is 2.35. The van der Waals surface area contributed by atoms with Crippen LogP contribution in [-0.4, -0.2) is 30.9 Å². The van der Waals surface area contributed by atoms with Crippen LogP contribution in [0, 0.1) is 0 Å². The maximum Gasteiger partial charge on any atom is 0.337 e. The molecule has 1 atom stereocenters. The Kier molecular flexibility index (Phi) is 10.7. The number of hydrogen-bond acceptors (Lipinski definition) is 8. The summed E-state index contributed by atoms with van der Waals surface area (Å²) in [5.74, 6) is 1.18. The molecule has 1 aromatic heterocycles. The number of fused-ring (bicyclic) bond motifs is 1. The summed E-state index contributed by atoms with van der Waals surface area (Å²) < 4.78 is 24.7. The van der Waals surface area contributed by atoms with Crippen molar-refractivity contribution in [1.29, 1.82) is 0 Å². The number of halogens is 2. The summed E-state index contributed by atoms with van der Waals surface area (Å²) >= 11 is 13.6. The summed E-state index contributed by atoms with van der Waals surface area (Å²) in [6.07, 6.45) is 5.61. The fourth-order valence-corrected chi connectivity index (χ4v) is 6.51. The van der Waals surface area contributed by atoms with Gasteiger partial charge in [0.05, 0.1) is 36.5 Å². The molecule has 0 unspecified atom stereocenters. The average molecular weight is 680 g/mol. The minimum atomic E-state index is -0.785. The number of nitrogens with zero attached hydrogens (tertiary/aromatic N) is 2. The molecule has 0 saturated heterocycles. The van der Waals surface area contributed by atoms with Crippen LogP contribution >= 0.6 is 34.5 Å². The van der Waals surface area contributed by atoms with E-state index in [9.17, 15) is 9.59 Å². The van der Waals surface area contributed by atoms with Gasteiger partial charge in [0.25, 0.3) is 5.56 Å². The molecule has 0 N–H and O–H groups in total. The number of allylic oxidation sites excluding steroid dienone is 1.